The number of aromatic nitrogens is 3. The summed E-state index contributed by atoms with van der Waals surface area (Å²) in [5.74, 6) is 0. The third kappa shape index (κ3) is 2.65. The molecule has 0 aliphatic heterocycles. The normalized spacial score (nSPS) is 10.8. The summed E-state index contributed by atoms with van der Waals surface area (Å²) < 4.78 is 1.77. The van der Waals surface area contributed by atoms with Gasteiger partial charge in [-0.3, -0.25) is 0 Å². The molecular weight excluding hydrogens is 260 g/mol. The molecule has 2 aromatic carbocycles. The van der Waals surface area contributed by atoms with Crippen molar-refractivity contribution >= 4 is 5.69 Å². The fourth-order valence-electron chi connectivity index (χ4n) is 2.30. The van der Waals surface area contributed by atoms with E-state index in [0.29, 0.717) is 0 Å². The lowest BCUT2D eigenvalue weighted by Crippen LogP contribution is -1.99. The van der Waals surface area contributed by atoms with Gasteiger partial charge in [0.05, 0.1) is 11.9 Å². The van der Waals surface area contributed by atoms with Crippen LogP contribution in [0.2, 0.25) is 0 Å². The number of aryl methyl sites for hydroxylation is 2. The Labute approximate surface area is 124 Å². The van der Waals surface area contributed by atoms with Crippen molar-refractivity contribution in [3.8, 4) is 16.9 Å². The first-order valence-electron chi connectivity index (χ1n) is 7.05. The van der Waals surface area contributed by atoms with E-state index in [9.17, 15) is 0 Å². The largest absolute Gasteiger partial charge is 0.399 e. The summed E-state index contributed by atoms with van der Waals surface area (Å²) in [7, 11) is 0. The van der Waals surface area contributed by atoms with E-state index in [2.05, 4.69) is 41.5 Å². The summed E-state index contributed by atoms with van der Waals surface area (Å²) in [6.07, 6.45) is 2.97. The van der Waals surface area contributed by atoms with Crippen LogP contribution < -0.4 is 5.73 Å². The third-order valence-electron chi connectivity index (χ3n) is 3.63. The molecule has 0 radical (unpaired) electrons. The number of hydrogen-bond donors (Lipinski definition) is 1. The Bertz CT molecular complexity index is 757. The monoisotopic (exact) mass is 278 g/mol. The molecule has 0 saturated heterocycles. The van der Waals surface area contributed by atoms with Crippen LogP contribution >= 0.6 is 0 Å². The van der Waals surface area contributed by atoms with E-state index < -0.39 is 0 Å². The average Bonchev–Trinajstić information content (AvgIpc) is 2.99. The van der Waals surface area contributed by atoms with Crippen LogP contribution in [-0.2, 0) is 6.42 Å². The van der Waals surface area contributed by atoms with Crippen molar-refractivity contribution in [3.63, 3.8) is 0 Å². The molecule has 0 aliphatic carbocycles. The van der Waals surface area contributed by atoms with Gasteiger partial charge in [0.1, 0.15) is 5.69 Å². The number of benzene rings is 2. The SMILES string of the molecule is CCc1ccc(-c2cn(-c3cc(N)ccc3C)nn2)cc1. The fraction of sp³-hybridized carbons (Fsp3) is 0.176. The van der Waals surface area contributed by atoms with Gasteiger partial charge in [0, 0.05) is 11.3 Å². The average molecular weight is 278 g/mol. The topological polar surface area (TPSA) is 56.7 Å². The summed E-state index contributed by atoms with van der Waals surface area (Å²) in [5.41, 5.74) is 11.9. The molecule has 21 heavy (non-hydrogen) atoms. The minimum atomic E-state index is 0.722. The fourth-order valence-corrected chi connectivity index (χ4v) is 2.30. The summed E-state index contributed by atoms with van der Waals surface area (Å²) in [6, 6.07) is 14.2. The Morgan fingerprint density at radius 1 is 1.10 bits per heavy atom. The van der Waals surface area contributed by atoms with Crippen molar-refractivity contribution in [2.45, 2.75) is 20.3 Å². The van der Waals surface area contributed by atoms with E-state index >= 15 is 0 Å². The molecule has 0 aliphatic rings. The molecule has 106 valence electrons. The lowest BCUT2D eigenvalue weighted by Gasteiger charge is -2.05. The second kappa shape index (κ2) is 5.40. The van der Waals surface area contributed by atoms with Crippen molar-refractivity contribution in [2.75, 3.05) is 5.73 Å². The van der Waals surface area contributed by atoms with Gasteiger partial charge in [-0.05, 0) is 36.6 Å². The Kier molecular flexibility index (Phi) is 3.44. The molecule has 3 aromatic rings. The Hall–Kier alpha value is -2.62. The van der Waals surface area contributed by atoms with Crippen LogP contribution in [0.25, 0.3) is 16.9 Å². The van der Waals surface area contributed by atoms with E-state index in [1.165, 1.54) is 5.56 Å². The number of nitrogens with two attached hydrogens (primary N) is 1. The molecule has 3 rings (SSSR count). The van der Waals surface area contributed by atoms with Gasteiger partial charge in [-0.25, -0.2) is 4.68 Å². The molecular formula is C17H18N4. The highest BCUT2D eigenvalue weighted by Gasteiger charge is 2.07. The highest BCUT2D eigenvalue weighted by Crippen LogP contribution is 2.21. The van der Waals surface area contributed by atoms with Crippen LogP contribution in [0.15, 0.2) is 48.7 Å². The van der Waals surface area contributed by atoms with Crippen molar-refractivity contribution in [3.05, 3.63) is 59.8 Å². The summed E-state index contributed by atoms with van der Waals surface area (Å²) in [6.45, 7) is 4.18. The Balaban J connectivity index is 1.97. The second-order valence-electron chi connectivity index (χ2n) is 5.14. The maximum atomic E-state index is 5.85. The van der Waals surface area contributed by atoms with E-state index in [1.807, 2.05) is 31.3 Å². The van der Waals surface area contributed by atoms with Gasteiger partial charge in [0.15, 0.2) is 0 Å². The van der Waals surface area contributed by atoms with Gasteiger partial charge in [0.2, 0.25) is 0 Å². The first-order valence-corrected chi connectivity index (χ1v) is 7.05. The number of anilines is 1. The van der Waals surface area contributed by atoms with Gasteiger partial charge in [-0.15, -0.1) is 5.10 Å². The molecule has 1 aromatic heterocycles. The maximum absolute atomic E-state index is 5.85. The highest BCUT2D eigenvalue weighted by molar-refractivity contribution is 5.59. The van der Waals surface area contributed by atoms with E-state index in [1.54, 1.807) is 4.68 Å². The number of nitrogens with zero attached hydrogens (tertiary/aromatic N) is 3. The van der Waals surface area contributed by atoms with Crippen LogP contribution in [0, 0.1) is 6.92 Å². The smallest absolute Gasteiger partial charge is 0.113 e. The van der Waals surface area contributed by atoms with Gasteiger partial charge >= 0.3 is 0 Å². The predicted octanol–water partition coefficient (Wildman–Crippen LogP) is 3.39. The van der Waals surface area contributed by atoms with Gasteiger partial charge < -0.3 is 5.73 Å². The molecule has 0 bridgehead atoms. The molecule has 0 fully saturated rings. The molecule has 4 heteroatoms. The maximum Gasteiger partial charge on any atom is 0.113 e. The first kappa shape index (κ1) is 13.4. The molecule has 1 heterocycles. The first-order chi connectivity index (χ1) is 10.2. The minimum Gasteiger partial charge on any atom is -0.399 e. The molecule has 4 nitrogen and oxygen atoms in total. The zero-order valence-corrected chi connectivity index (χ0v) is 12.2. The van der Waals surface area contributed by atoms with E-state index in [4.69, 9.17) is 5.73 Å². The second-order valence-corrected chi connectivity index (χ2v) is 5.14. The number of nitrogen functional groups attached to an aromatic ring is 1. The van der Waals surface area contributed by atoms with Crippen LogP contribution in [0.1, 0.15) is 18.1 Å². The van der Waals surface area contributed by atoms with Crippen LogP contribution in [0.5, 0.6) is 0 Å². The lowest BCUT2D eigenvalue weighted by molar-refractivity contribution is 0.799. The molecule has 2 N–H and O–H groups in total. The standard InChI is InChI=1S/C17H18N4/c1-3-13-5-7-14(8-6-13)16-11-21(20-19-16)17-10-15(18)9-4-12(17)2/h4-11H,3,18H2,1-2H3. The van der Waals surface area contributed by atoms with Gasteiger partial charge in [0.25, 0.3) is 0 Å². The van der Waals surface area contributed by atoms with E-state index in [0.717, 1.165) is 34.6 Å². The molecule has 0 amide bonds. The van der Waals surface area contributed by atoms with Gasteiger partial charge in [-0.2, -0.15) is 0 Å². The molecule has 0 atom stereocenters. The van der Waals surface area contributed by atoms with Crippen LogP contribution in [0.3, 0.4) is 0 Å². The Morgan fingerprint density at radius 3 is 2.57 bits per heavy atom. The lowest BCUT2D eigenvalue weighted by atomic mass is 10.1. The van der Waals surface area contributed by atoms with Crippen molar-refractivity contribution < 1.29 is 0 Å². The van der Waals surface area contributed by atoms with Crippen LogP contribution in [0.4, 0.5) is 5.69 Å². The summed E-state index contributed by atoms with van der Waals surface area (Å²) in [4.78, 5) is 0. The van der Waals surface area contributed by atoms with Crippen molar-refractivity contribution in [2.24, 2.45) is 0 Å². The van der Waals surface area contributed by atoms with Crippen LogP contribution in [-0.4, -0.2) is 15.0 Å². The highest BCUT2D eigenvalue weighted by atomic mass is 15.4. The molecule has 0 unspecified atom stereocenters. The molecule has 0 saturated carbocycles. The van der Waals surface area contributed by atoms with E-state index in [-0.39, 0.29) is 0 Å². The summed E-state index contributed by atoms with van der Waals surface area (Å²) in [5, 5.41) is 8.48. The zero-order chi connectivity index (χ0) is 14.8. The summed E-state index contributed by atoms with van der Waals surface area (Å²) >= 11 is 0. The molecule has 0 spiro atoms. The quantitative estimate of drug-likeness (QED) is 0.747. The van der Waals surface area contributed by atoms with Crippen molar-refractivity contribution in [1.82, 2.24) is 15.0 Å². The minimum absolute atomic E-state index is 0.722. The number of hydrogen-bond acceptors (Lipinski definition) is 3. The van der Waals surface area contributed by atoms with Gasteiger partial charge in [-0.1, -0.05) is 42.5 Å². The predicted molar refractivity (Wildman–Crippen MR) is 85.3 cm³/mol. The Morgan fingerprint density at radius 2 is 1.86 bits per heavy atom. The van der Waals surface area contributed by atoms with Crippen molar-refractivity contribution in [1.29, 1.82) is 0 Å². The zero-order valence-electron chi connectivity index (χ0n) is 12.2. The third-order valence-corrected chi connectivity index (χ3v) is 3.63. The number of rotatable bonds is 3.